The highest BCUT2D eigenvalue weighted by molar-refractivity contribution is 5.88. The Morgan fingerprint density at radius 3 is 2.56 bits per heavy atom. The SMILES string of the molecule is COc1cccc2oc(-c3nc4ccccc4c(=O)n3N=Cc3ccc(OCc4ccccc4)c([N+](=O)[O-])c3)cc12. The van der Waals surface area contributed by atoms with Crippen LogP contribution in [0.2, 0.25) is 0 Å². The minimum Gasteiger partial charge on any atom is -0.496 e. The summed E-state index contributed by atoms with van der Waals surface area (Å²) in [4.78, 5) is 29.5. The first-order valence-electron chi connectivity index (χ1n) is 12.6. The molecule has 0 amide bonds. The lowest BCUT2D eigenvalue weighted by Crippen LogP contribution is -2.20. The van der Waals surface area contributed by atoms with Crippen LogP contribution in [-0.2, 0) is 6.61 Å². The van der Waals surface area contributed by atoms with E-state index in [2.05, 4.69) is 10.1 Å². The van der Waals surface area contributed by atoms with Crippen molar-refractivity contribution in [2.75, 3.05) is 7.11 Å². The van der Waals surface area contributed by atoms with Gasteiger partial charge in [0.25, 0.3) is 5.56 Å². The van der Waals surface area contributed by atoms with Crippen LogP contribution in [0.5, 0.6) is 11.5 Å². The van der Waals surface area contributed by atoms with Gasteiger partial charge in [0.2, 0.25) is 5.82 Å². The number of hydrogen-bond acceptors (Lipinski definition) is 8. The third-order valence-corrected chi connectivity index (χ3v) is 6.45. The predicted octanol–water partition coefficient (Wildman–Crippen LogP) is 6.19. The van der Waals surface area contributed by atoms with Crippen LogP contribution in [-0.4, -0.2) is 27.9 Å². The van der Waals surface area contributed by atoms with Gasteiger partial charge < -0.3 is 13.9 Å². The summed E-state index contributed by atoms with van der Waals surface area (Å²) in [7, 11) is 1.56. The zero-order valence-corrected chi connectivity index (χ0v) is 21.8. The fraction of sp³-hybridized carbons (Fsp3) is 0.0645. The number of rotatable bonds is 8. The van der Waals surface area contributed by atoms with Gasteiger partial charge in [0.05, 0.1) is 34.5 Å². The minimum absolute atomic E-state index is 0.123. The number of nitro groups is 1. The van der Waals surface area contributed by atoms with Gasteiger partial charge in [0.15, 0.2) is 11.5 Å². The zero-order chi connectivity index (χ0) is 28.3. The second-order valence-electron chi connectivity index (χ2n) is 9.06. The number of furan rings is 1. The van der Waals surface area contributed by atoms with Crippen molar-refractivity contribution in [3.63, 3.8) is 0 Å². The van der Waals surface area contributed by atoms with E-state index >= 15 is 0 Å². The lowest BCUT2D eigenvalue weighted by molar-refractivity contribution is -0.385. The van der Waals surface area contributed by atoms with Crippen LogP contribution in [0.15, 0.2) is 111 Å². The van der Waals surface area contributed by atoms with E-state index in [4.69, 9.17) is 13.9 Å². The molecule has 41 heavy (non-hydrogen) atoms. The van der Waals surface area contributed by atoms with E-state index < -0.39 is 10.5 Å². The third-order valence-electron chi connectivity index (χ3n) is 6.45. The topological polar surface area (TPSA) is 122 Å². The summed E-state index contributed by atoms with van der Waals surface area (Å²) >= 11 is 0. The van der Waals surface area contributed by atoms with Crippen LogP contribution in [0.1, 0.15) is 11.1 Å². The van der Waals surface area contributed by atoms with E-state index in [-0.39, 0.29) is 23.9 Å². The summed E-state index contributed by atoms with van der Waals surface area (Å²) < 4.78 is 18.3. The molecular weight excluding hydrogens is 524 g/mol. The van der Waals surface area contributed by atoms with Gasteiger partial charge in [-0.25, -0.2) is 4.98 Å². The number of fused-ring (bicyclic) bond motifs is 2. The number of para-hydroxylation sites is 1. The Bertz CT molecular complexity index is 2000. The van der Waals surface area contributed by atoms with Gasteiger partial charge in [0, 0.05) is 11.6 Å². The summed E-state index contributed by atoms with van der Waals surface area (Å²) in [6, 6.07) is 27.9. The van der Waals surface area contributed by atoms with E-state index in [1.54, 1.807) is 61.7 Å². The Kier molecular flexibility index (Phi) is 6.70. The summed E-state index contributed by atoms with van der Waals surface area (Å²) in [5.41, 5.74) is 1.65. The van der Waals surface area contributed by atoms with Gasteiger partial charge in [-0.05, 0) is 48.0 Å². The molecule has 6 aromatic rings. The molecule has 10 heteroatoms. The average Bonchev–Trinajstić information content (AvgIpc) is 3.45. The normalized spacial score (nSPS) is 11.3. The van der Waals surface area contributed by atoms with E-state index in [9.17, 15) is 14.9 Å². The fourth-order valence-corrected chi connectivity index (χ4v) is 4.45. The molecule has 0 bridgehead atoms. The monoisotopic (exact) mass is 546 g/mol. The van der Waals surface area contributed by atoms with Crippen molar-refractivity contribution in [1.82, 2.24) is 9.66 Å². The second-order valence-corrected chi connectivity index (χ2v) is 9.06. The quantitative estimate of drug-likeness (QED) is 0.127. The van der Waals surface area contributed by atoms with Crippen LogP contribution < -0.4 is 15.0 Å². The molecule has 0 aliphatic carbocycles. The smallest absolute Gasteiger partial charge is 0.311 e. The van der Waals surface area contributed by atoms with Gasteiger partial charge in [-0.2, -0.15) is 9.78 Å². The number of nitro benzene ring substituents is 1. The first kappa shape index (κ1) is 25.5. The van der Waals surface area contributed by atoms with Crippen molar-refractivity contribution in [2.45, 2.75) is 6.61 Å². The van der Waals surface area contributed by atoms with Crippen molar-refractivity contribution in [1.29, 1.82) is 0 Å². The van der Waals surface area contributed by atoms with Crippen molar-refractivity contribution >= 4 is 33.8 Å². The Morgan fingerprint density at radius 1 is 0.951 bits per heavy atom. The van der Waals surface area contributed by atoms with Gasteiger partial charge in [-0.3, -0.25) is 14.9 Å². The van der Waals surface area contributed by atoms with Crippen LogP contribution in [0.3, 0.4) is 0 Å². The Balaban J connectivity index is 1.41. The molecule has 0 N–H and O–H groups in total. The molecule has 10 nitrogen and oxygen atoms in total. The van der Waals surface area contributed by atoms with E-state index in [1.165, 1.54) is 18.3 Å². The van der Waals surface area contributed by atoms with E-state index in [0.717, 1.165) is 10.2 Å². The highest BCUT2D eigenvalue weighted by Gasteiger charge is 2.19. The first-order valence-corrected chi connectivity index (χ1v) is 12.6. The van der Waals surface area contributed by atoms with E-state index in [0.29, 0.717) is 38.9 Å². The highest BCUT2D eigenvalue weighted by Crippen LogP contribution is 2.33. The van der Waals surface area contributed by atoms with Gasteiger partial charge in [-0.15, -0.1) is 0 Å². The predicted molar refractivity (Wildman–Crippen MR) is 155 cm³/mol. The lowest BCUT2D eigenvalue weighted by Gasteiger charge is -2.08. The maximum absolute atomic E-state index is 13.5. The van der Waals surface area contributed by atoms with Crippen molar-refractivity contribution < 1.29 is 18.8 Å². The van der Waals surface area contributed by atoms with Gasteiger partial charge in [-0.1, -0.05) is 48.5 Å². The maximum Gasteiger partial charge on any atom is 0.311 e. The molecule has 0 aliphatic heterocycles. The molecule has 2 aromatic heterocycles. The highest BCUT2D eigenvalue weighted by atomic mass is 16.6. The van der Waals surface area contributed by atoms with E-state index in [1.807, 2.05) is 30.3 Å². The summed E-state index contributed by atoms with van der Waals surface area (Å²) in [5.74, 6) is 1.20. The lowest BCUT2D eigenvalue weighted by atomic mass is 10.2. The second kappa shape index (κ2) is 10.8. The summed E-state index contributed by atoms with van der Waals surface area (Å²) in [6.07, 6.45) is 1.36. The van der Waals surface area contributed by atoms with Gasteiger partial charge in [0.1, 0.15) is 17.9 Å². The third kappa shape index (κ3) is 5.01. The molecular formula is C31H22N4O6. The van der Waals surface area contributed by atoms with Crippen LogP contribution in [0, 0.1) is 10.1 Å². The molecule has 0 radical (unpaired) electrons. The van der Waals surface area contributed by atoms with Crippen LogP contribution in [0.4, 0.5) is 5.69 Å². The van der Waals surface area contributed by atoms with Crippen molar-refractivity contribution in [2.24, 2.45) is 5.10 Å². The van der Waals surface area contributed by atoms with Crippen LogP contribution in [0.25, 0.3) is 33.5 Å². The number of nitrogens with zero attached hydrogens (tertiary/aromatic N) is 4. The fourth-order valence-electron chi connectivity index (χ4n) is 4.45. The van der Waals surface area contributed by atoms with Crippen molar-refractivity contribution in [3.8, 4) is 23.1 Å². The van der Waals surface area contributed by atoms with Gasteiger partial charge >= 0.3 is 5.69 Å². The number of hydrogen-bond donors (Lipinski definition) is 0. The molecule has 4 aromatic carbocycles. The number of methoxy groups -OCH3 is 1. The molecule has 0 unspecified atom stereocenters. The standard InChI is InChI=1S/C31H22N4O6/c1-39-26-12-7-13-27-23(26)17-29(41-27)30-33-24-11-6-5-10-22(24)31(36)34(30)32-18-21-14-15-28(25(16-21)35(37)38)40-19-20-8-3-2-4-9-20/h2-18H,19H2,1H3. The Morgan fingerprint density at radius 2 is 1.76 bits per heavy atom. The molecule has 6 rings (SSSR count). The van der Waals surface area contributed by atoms with Crippen LogP contribution >= 0.6 is 0 Å². The average molecular weight is 547 g/mol. The Labute approximate surface area is 232 Å². The molecule has 0 spiro atoms. The molecule has 0 atom stereocenters. The summed E-state index contributed by atoms with van der Waals surface area (Å²) in [6.45, 7) is 0.179. The van der Waals surface area contributed by atoms with Crippen molar-refractivity contribution in [3.05, 3.63) is 129 Å². The number of aromatic nitrogens is 2. The molecule has 0 aliphatic rings. The molecule has 0 fully saturated rings. The minimum atomic E-state index is -0.519. The first-order chi connectivity index (χ1) is 20.0. The molecule has 2 heterocycles. The number of ether oxygens (including phenoxy) is 2. The maximum atomic E-state index is 13.5. The number of benzene rings is 4. The molecule has 0 saturated carbocycles. The summed E-state index contributed by atoms with van der Waals surface area (Å²) in [5, 5.41) is 17.3. The molecule has 202 valence electrons. The molecule has 0 saturated heterocycles. The largest absolute Gasteiger partial charge is 0.496 e. The zero-order valence-electron chi connectivity index (χ0n) is 21.8. The Hall–Kier alpha value is -5.77.